The summed E-state index contributed by atoms with van der Waals surface area (Å²) in [6, 6.07) is 0. The van der Waals surface area contributed by atoms with Gasteiger partial charge in [0.25, 0.3) is 0 Å². The van der Waals surface area contributed by atoms with Crippen LogP contribution in [0.15, 0.2) is 0 Å². The smallest absolute Gasteiger partial charge is 0.310 e. The lowest BCUT2D eigenvalue weighted by molar-refractivity contribution is -0.145. The van der Waals surface area contributed by atoms with Gasteiger partial charge in [0, 0.05) is 11.8 Å². The van der Waals surface area contributed by atoms with Gasteiger partial charge in [0.05, 0.1) is 5.92 Å². The van der Waals surface area contributed by atoms with Gasteiger partial charge in [0.2, 0.25) is 5.24 Å². The van der Waals surface area contributed by atoms with Crippen LogP contribution >= 0.6 is 11.6 Å². The molecule has 3 rings (SSSR count). The lowest BCUT2D eigenvalue weighted by Crippen LogP contribution is -2.29. The van der Waals surface area contributed by atoms with Crippen molar-refractivity contribution >= 4 is 22.8 Å². The SMILES string of the molecule is O=C(Cl)C1C2CC3OC(=O)C1C3C2. The number of fused-ring (bicyclic) bond motifs is 1. The molecular formula is C9H9ClO3. The van der Waals surface area contributed by atoms with Crippen molar-refractivity contribution in [3.63, 3.8) is 0 Å². The van der Waals surface area contributed by atoms with E-state index in [4.69, 9.17) is 16.3 Å². The van der Waals surface area contributed by atoms with Gasteiger partial charge in [0.1, 0.15) is 6.10 Å². The van der Waals surface area contributed by atoms with Crippen molar-refractivity contribution in [2.45, 2.75) is 18.9 Å². The Morgan fingerprint density at radius 2 is 2.23 bits per heavy atom. The summed E-state index contributed by atoms with van der Waals surface area (Å²) in [7, 11) is 0. The van der Waals surface area contributed by atoms with Gasteiger partial charge in [-0.25, -0.2) is 0 Å². The summed E-state index contributed by atoms with van der Waals surface area (Å²) in [5.74, 6) is -0.0812. The van der Waals surface area contributed by atoms with Gasteiger partial charge in [-0.15, -0.1) is 0 Å². The number of carbonyl (C=O) groups excluding carboxylic acids is 2. The van der Waals surface area contributed by atoms with E-state index in [2.05, 4.69) is 0 Å². The molecule has 70 valence electrons. The van der Waals surface area contributed by atoms with Crippen molar-refractivity contribution < 1.29 is 14.3 Å². The van der Waals surface area contributed by atoms with Crippen LogP contribution in [0.2, 0.25) is 0 Å². The summed E-state index contributed by atoms with van der Waals surface area (Å²) in [6.45, 7) is 0. The van der Waals surface area contributed by atoms with Crippen LogP contribution < -0.4 is 0 Å². The van der Waals surface area contributed by atoms with E-state index >= 15 is 0 Å². The van der Waals surface area contributed by atoms with Crippen LogP contribution in [-0.2, 0) is 14.3 Å². The highest BCUT2D eigenvalue weighted by atomic mass is 35.5. The molecule has 4 heteroatoms. The Labute approximate surface area is 80.4 Å². The molecule has 0 N–H and O–H groups in total. The maximum absolute atomic E-state index is 11.4. The minimum absolute atomic E-state index is 0.0924. The molecule has 3 nitrogen and oxygen atoms in total. The van der Waals surface area contributed by atoms with Crippen LogP contribution in [0.5, 0.6) is 0 Å². The second-order valence-corrected chi connectivity index (χ2v) is 4.60. The Morgan fingerprint density at radius 3 is 2.92 bits per heavy atom. The summed E-state index contributed by atoms with van der Waals surface area (Å²) in [4.78, 5) is 22.5. The molecule has 0 amide bonds. The highest BCUT2D eigenvalue weighted by molar-refractivity contribution is 6.64. The third-order valence-electron chi connectivity index (χ3n) is 3.75. The average Bonchev–Trinajstić information content (AvgIpc) is 2.60. The predicted molar refractivity (Wildman–Crippen MR) is 43.9 cm³/mol. The van der Waals surface area contributed by atoms with E-state index in [1.165, 1.54) is 0 Å². The molecule has 2 aliphatic carbocycles. The van der Waals surface area contributed by atoms with E-state index in [1.54, 1.807) is 0 Å². The molecule has 0 radical (unpaired) electrons. The monoisotopic (exact) mass is 200 g/mol. The van der Waals surface area contributed by atoms with Crippen molar-refractivity contribution in [3.8, 4) is 0 Å². The van der Waals surface area contributed by atoms with Gasteiger partial charge >= 0.3 is 5.97 Å². The van der Waals surface area contributed by atoms with Crippen molar-refractivity contribution in [1.82, 2.24) is 0 Å². The van der Waals surface area contributed by atoms with E-state index in [1.807, 2.05) is 0 Å². The lowest BCUT2D eigenvalue weighted by Gasteiger charge is -2.20. The zero-order chi connectivity index (χ0) is 9.16. The number of ether oxygens (including phenoxy) is 1. The number of carbonyl (C=O) groups is 2. The standard InChI is InChI=1S/C9H9ClO3/c10-8(11)6-3-1-4-5(2-3)13-9(12)7(4)6/h3-7H,1-2H2. The van der Waals surface area contributed by atoms with E-state index in [-0.39, 0.29) is 35.1 Å². The van der Waals surface area contributed by atoms with Crippen molar-refractivity contribution in [1.29, 1.82) is 0 Å². The first-order valence-electron chi connectivity index (χ1n) is 4.58. The Balaban J connectivity index is 2.01. The first-order valence-corrected chi connectivity index (χ1v) is 4.96. The molecule has 0 aromatic carbocycles. The van der Waals surface area contributed by atoms with E-state index < -0.39 is 0 Å². The first kappa shape index (κ1) is 7.80. The molecular weight excluding hydrogens is 192 g/mol. The first-order chi connectivity index (χ1) is 6.18. The zero-order valence-corrected chi connectivity index (χ0v) is 7.66. The van der Waals surface area contributed by atoms with Crippen LogP contribution in [0.4, 0.5) is 0 Å². The molecule has 0 spiro atoms. The number of halogens is 1. The topological polar surface area (TPSA) is 43.4 Å². The highest BCUT2D eigenvalue weighted by Crippen LogP contribution is 2.58. The van der Waals surface area contributed by atoms with Crippen LogP contribution in [0, 0.1) is 23.7 Å². The van der Waals surface area contributed by atoms with Crippen LogP contribution in [0.3, 0.4) is 0 Å². The third kappa shape index (κ3) is 0.810. The van der Waals surface area contributed by atoms with E-state index in [0.29, 0.717) is 5.92 Å². The van der Waals surface area contributed by atoms with Crippen LogP contribution in [-0.4, -0.2) is 17.3 Å². The molecule has 3 fully saturated rings. The Morgan fingerprint density at radius 1 is 1.46 bits per heavy atom. The summed E-state index contributed by atoms with van der Waals surface area (Å²) in [6.07, 6.45) is 1.88. The fourth-order valence-electron chi connectivity index (χ4n) is 3.31. The molecule has 1 saturated heterocycles. The summed E-state index contributed by atoms with van der Waals surface area (Å²) in [5.41, 5.74) is 0. The van der Waals surface area contributed by atoms with Crippen LogP contribution in [0.25, 0.3) is 0 Å². The maximum atomic E-state index is 11.4. The average molecular weight is 201 g/mol. The molecule has 2 bridgehead atoms. The van der Waals surface area contributed by atoms with Gasteiger partial charge in [-0.1, -0.05) is 0 Å². The lowest BCUT2D eigenvalue weighted by atomic mass is 9.81. The predicted octanol–water partition coefficient (Wildman–Crippen LogP) is 0.949. The van der Waals surface area contributed by atoms with Gasteiger partial charge in [-0.2, -0.15) is 0 Å². The summed E-state index contributed by atoms with van der Waals surface area (Å²) >= 11 is 5.49. The third-order valence-corrected chi connectivity index (χ3v) is 4.00. The molecule has 5 unspecified atom stereocenters. The Hall–Kier alpha value is -0.570. The number of esters is 1. The van der Waals surface area contributed by atoms with Gasteiger partial charge in [-0.05, 0) is 30.4 Å². The summed E-state index contributed by atoms with van der Waals surface area (Å²) in [5, 5.41) is -0.352. The molecule has 1 aliphatic heterocycles. The molecule has 0 aromatic heterocycles. The van der Waals surface area contributed by atoms with Crippen molar-refractivity contribution in [2.24, 2.45) is 23.7 Å². The minimum Gasteiger partial charge on any atom is -0.462 e. The molecule has 13 heavy (non-hydrogen) atoms. The molecule has 5 atom stereocenters. The van der Waals surface area contributed by atoms with Crippen molar-refractivity contribution in [2.75, 3.05) is 0 Å². The second-order valence-electron chi connectivity index (χ2n) is 4.23. The Kier molecular flexibility index (Phi) is 1.36. The molecule has 3 aliphatic rings. The summed E-state index contributed by atoms with van der Waals surface area (Å²) < 4.78 is 5.17. The molecule has 1 heterocycles. The molecule has 0 aromatic rings. The highest BCUT2D eigenvalue weighted by Gasteiger charge is 2.63. The van der Waals surface area contributed by atoms with Gasteiger partial charge in [-0.3, -0.25) is 9.59 Å². The Bertz CT molecular complexity index is 299. The van der Waals surface area contributed by atoms with E-state index in [0.717, 1.165) is 12.8 Å². The van der Waals surface area contributed by atoms with E-state index in [9.17, 15) is 9.59 Å². The zero-order valence-electron chi connectivity index (χ0n) is 6.90. The largest absolute Gasteiger partial charge is 0.462 e. The fraction of sp³-hybridized carbons (Fsp3) is 0.778. The quantitative estimate of drug-likeness (QED) is 0.468. The normalized spacial score (nSPS) is 51.2. The fourth-order valence-corrected chi connectivity index (χ4v) is 3.63. The molecule has 2 saturated carbocycles. The van der Waals surface area contributed by atoms with Crippen molar-refractivity contribution in [3.05, 3.63) is 0 Å². The number of rotatable bonds is 1. The van der Waals surface area contributed by atoms with Gasteiger partial charge in [0.15, 0.2) is 0 Å². The number of hydrogen-bond acceptors (Lipinski definition) is 3. The number of hydrogen-bond donors (Lipinski definition) is 0. The van der Waals surface area contributed by atoms with Crippen LogP contribution in [0.1, 0.15) is 12.8 Å². The van der Waals surface area contributed by atoms with Gasteiger partial charge < -0.3 is 4.74 Å². The second kappa shape index (κ2) is 2.27. The maximum Gasteiger partial charge on any atom is 0.310 e. The minimum atomic E-state index is -0.352.